The normalized spacial score (nSPS) is 27.5. The maximum absolute atomic E-state index is 12.3. The number of hydrogen-bond donors (Lipinski definition) is 2. The van der Waals surface area contributed by atoms with E-state index in [1.54, 1.807) is 0 Å². The van der Waals surface area contributed by atoms with Gasteiger partial charge in [0.05, 0.1) is 18.7 Å². The van der Waals surface area contributed by atoms with Crippen LogP contribution in [-0.4, -0.2) is 34.5 Å². The Morgan fingerprint density at radius 1 is 1.47 bits per heavy atom. The number of aliphatic hydroxyl groups excluding tert-OH is 1. The highest BCUT2D eigenvalue weighted by Gasteiger charge is 2.61. The summed E-state index contributed by atoms with van der Waals surface area (Å²) in [5, 5.41) is 21.2. The van der Waals surface area contributed by atoms with E-state index in [9.17, 15) is 13.2 Å². The monoisotopic (exact) mass is 227 g/mol. The van der Waals surface area contributed by atoms with Crippen LogP contribution in [-0.2, 0) is 4.84 Å². The van der Waals surface area contributed by atoms with Crippen LogP contribution in [0.1, 0.15) is 20.3 Å². The fourth-order valence-electron chi connectivity index (χ4n) is 1.03. The third-order valence-corrected chi connectivity index (χ3v) is 2.33. The summed E-state index contributed by atoms with van der Waals surface area (Å²) in [7, 11) is 0. The Morgan fingerprint density at radius 3 is 2.33 bits per heavy atom. The molecule has 1 aliphatic heterocycles. The van der Waals surface area contributed by atoms with Crippen molar-refractivity contribution >= 4 is 5.71 Å². The van der Waals surface area contributed by atoms with Crippen LogP contribution in [0.3, 0.4) is 0 Å². The van der Waals surface area contributed by atoms with Gasteiger partial charge in [-0.05, 0) is 0 Å². The molecular weight excluding hydrogens is 215 g/mol. The van der Waals surface area contributed by atoms with Gasteiger partial charge in [0.25, 0.3) is 0 Å². The van der Waals surface area contributed by atoms with E-state index in [0.29, 0.717) is 0 Å². The summed E-state index contributed by atoms with van der Waals surface area (Å²) in [6, 6.07) is 0. The summed E-state index contributed by atoms with van der Waals surface area (Å²) in [6.45, 7) is 2.65. The van der Waals surface area contributed by atoms with Gasteiger partial charge in [-0.2, -0.15) is 13.2 Å². The van der Waals surface area contributed by atoms with Crippen molar-refractivity contribution in [2.45, 2.75) is 32.2 Å². The summed E-state index contributed by atoms with van der Waals surface area (Å²) in [6.07, 6.45) is -5.67. The second-order valence-corrected chi connectivity index (χ2v) is 4.13. The topological polar surface area (TPSA) is 62.1 Å². The molecule has 0 amide bonds. The van der Waals surface area contributed by atoms with Gasteiger partial charge in [-0.15, -0.1) is 0 Å². The van der Waals surface area contributed by atoms with Crippen molar-refractivity contribution in [1.29, 1.82) is 0 Å². The number of aliphatic hydroxyl groups is 2. The van der Waals surface area contributed by atoms with Crippen LogP contribution in [0.5, 0.6) is 0 Å². The summed E-state index contributed by atoms with van der Waals surface area (Å²) in [5.41, 5.74) is -0.944. The highest BCUT2D eigenvalue weighted by atomic mass is 19.4. The molecule has 0 fully saturated rings. The molecule has 0 radical (unpaired) electrons. The van der Waals surface area contributed by atoms with Gasteiger partial charge in [-0.3, -0.25) is 0 Å². The van der Waals surface area contributed by atoms with Gasteiger partial charge < -0.3 is 15.1 Å². The van der Waals surface area contributed by atoms with Crippen molar-refractivity contribution in [2.24, 2.45) is 10.6 Å². The van der Waals surface area contributed by atoms with Gasteiger partial charge in [-0.1, -0.05) is 19.0 Å². The number of halogens is 3. The Labute approximate surface area is 84.3 Å². The quantitative estimate of drug-likeness (QED) is 0.740. The molecule has 15 heavy (non-hydrogen) atoms. The van der Waals surface area contributed by atoms with E-state index in [2.05, 4.69) is 9.99 Å². The van der Waals surface area contributed by atoms with Crippen molar-refractivity contribution in [2.75, 3.05) is 6.61 Å². The van der Waals surface area contributed by atoms with E-state index < -0.39 is 23.8 Å². The molecule has 0 saturated heterocycles. The van der Waals surface area contributed by atoms with Crippen molar-refractivity contribution < 1.29 is 28.2 Å². The smallest absolute Gasteiger partial charge is 0.395 e. The lowest BCUT2D eigenvalue weighted by molar-refractivity contribution is -0.355. The van der Waals surface area contributed by atoms with Crippen molar-refractivity contribution in [1.82, 2.24) is 0 Å². The highest BCUT2D eigenvalue weighted by molar-refractivity contribution is 5.91. The fraction of sp³-hybridized carbons (Fsp3) is 0.875. The zero-order valence-corrected chi connectivity index (χ0v) is 8.30. The summed E-state index contributed by atoms with van der Waals surface area (Å²) in [5.74, 6) is -3.26. The van der Waals surface area contributed by atoms with E-state index in [-0.39, 0.29) is 12.3 Å². The number of hydrogen-bond acceptors (Lipinski definition) is 4. The molecule has 7 heteroatoms. The van der Waals surface area contributed by atoms with Crippen LogP contribution < -0.4 is 0 Å². The van der Waals surface area contributed by atoms with Crippen LogP contribution in [0.15, 0.2) is 5.16 Å². The first kappa shape index (κ1) is 12.3. The van der Waals surface area contributed by atoms with Crippen LogP contribution in [0.4, 0.5) is 13.2 Å². The lowest BCUT2D eigenvalue weighted by atomic mass is 9.85. The molecule has 1 rings (SSSR count). The van der Waals surface area contributed by atoms with E-state index in [1.165, 1.54) is 13.8 Å². The minimum absolute atomic E-state index is 0.00942. The predicted octanol–water partition coefficient (Wildman–Crippen LogP) is 1.03. The van der Waals surface area contributed by atoms with Crippen molar-refractivity contribution in [3.05, 3.63) is 0 Å². The minimum Gasteiger partial charge on any atom is -0.395 e. The molecule has 0 bridgehead atoms. The Hall–Kier alpha value is -0.820. The second-order valence-electron chi connectivity index (χ2n) is 4.13. The van der Waals surface area contributed by atoms with E-state index in [0.717, 1.165) is 0 Å². The largest absolute Gasteiger partial charge is 0.458 e. The maximum atomic E-state index is 12.3. The first-order valence-electron chi connectivity index (χ1n) is 4.28. The molecule has 4 nitrogen and oxygen atoms in total. The zero-order valence-electron chi connectivity index (χ0n) is 8.30. The molecule has 1 heterocycles. The molecular formula is C8H12F3NO3. The number of alkyl halides is 3. The molecule has 0 aliphatic carbocycles. The number of oxime groups is 1. The average molecular weight is 227 g/mol. The van der Waals surface area contributed by atoms with Gasteiger partial charge in [0.1, 0.15) is 0 Å². The van der Waals surface area contributed by atoms with Gasteiger partial charge in [0.15, 0.2) is 0 Å². The molecule has 0 aromatic rings. The molecule has 0 aromatic heterocycles. The van der Waals surface area contributed by atoms with E-state index in [1.807, 2.05) is 0 Å². The zero-order chi connectivity index (χ0) is 11.9. The first-order valence-corrected chi connectivity index (χ1v) is 4.28. The van der Waals surface area contributed by atoms with Crippen LogP contribution in [0.2, 0.25) is 0 Å². The van der Waals surface area contributed by atoms with E-state index >= 15 is 0 Å². The average Bonchev–Trinajstić information content (AvgIpc) is 2.49. The first-order chi connectivity index (χ1) is 6.62. The van der Waals surface area contributed by atoms with Gasteiger partial charge in [-0.25, -0.2) is 0 Å². The Morgan fingerprint density at radius 2 is 2.00 bits per heavy atom. The molecule has 0 unspecified atom stereocenters. The molecule has 2 N–H and O–H groups in total. The molecule has 0 aromatic carbocycles. The van der Waals surface area contributed by atoms with Gasteiger partial charge in [0, 0.05) is 5.41 Å². The van der Waals surface area contributed by atoms with E-state index in [4.69, 9.17) is 10.2 Å². The Bertz CT molecular complexity index is 287. The number of nitrogens with zero attached hydrogens (tertiary/aromatic N) is 1. The standard InChI is InChI=1S/C8H12F3NO3/c1-6(2,4-13)5-3-7(14,15-12-5)8(9,10)11/h13-14H,3-4H2,1-2H3/t7-/m1/s1. The number of rotatable bonds is 2. The second kappa shape index (κ2) is 3.34. The molecule has 88 valence electrons. The summed E-state index contributed by atoms with van der Waals surface area (Å²) < 4.78 is 36.9. The van der Waals surface area contributed by atoms with Gasteiger partial charge >= 0.3 is 12.0 Å². The minimum atomic E-state index is -4.90. The SMILES string of the molecule is CC(C)(CO)C1=NO[C@@](O)(C(F)(F)F)C1. The third kappa shape index (κ3) is 2.07. The van der Waals surface area contributed by atoms with Crippen molar-refractivity contribution in [3.63, 3.8) is 0 Å². The predicted molar refractivity (Wildman–Crippen MR) is 45.0 cm³/mol. The van der Waals surface area contributed by atoms with Crippen LogP contribution in [0.25, 0.3) is 0 Å². The lowest BCUT2D eigenvalue weighted by Gasteiger charge is -2.24. The molecule has 1 atom stereocenters. The Balaban J connectivity index is 2.82. The third-order valence-electron chi connectivity index (χ3n) is 2.33. The molecule has 0 saturated carbocycles. The van der Waals surface area contributed by atoms with Crippen LogP contribution in [0, 0.1) is 5.41 Å². The maximum Gasteiger partial charge on any atom is 0.458 e. The summed E-state index contributed by atoms with van der Waals surface area (Å²) in [4.78, 5) is 4.01. The Kier molecular flexibility index (Phi) is 2.73. The molecule has 0 spiro atoms. The lowest BCUT2D eigenvalue weighted by Crippen LogP contribution is -2.46. The van der Waals surface area contributed by atoms with Crippen LogP contribution >= 0.6 is 0 Å². The van der Waals surface area contributed by atoms with Crippen molar-refractivity contribution in [3.8, 4) is 0 Å². The molecule has 1 aliphatic rings. The highest BCUT2D eigenvalue weighted by Crippen LogP contribution is 2.40. The summed E-state index contributed by atoms with van der Waals surface area (Å²) >= 11 is 0. The van der Waals surface area contributed by atoms with Gasteiger partial charge in [0.2, 0.25) is 0 Å². The fourth-order valence-corrected chi connectivity index (χ4v) is 1.03.